The lowest BCUT2D eigenvalue weighted by atomic mass is 10.0. The molecule has 2 fully saturated rings. The second kappa shape index (κ2) is 11.0. The first-order valence-electron chi connectivity index (χ1n) is 11.9. The second-order valence-corrected chi connectivity index (χ2v) is 9.89. The van der Waals surface area contributed by atoms with E-state index in [9.17, 15) is 14.4 Å². The van der Waals surface area contributed by atoms with E-state index < -0.39 is 12.2 Å². The van der Waals surface area contributed by atoms with Crippen LogP contribution >= 0.6 is 11.3 Å². The summed E-state index contributed by atoms with van der Waals surface area (Å²) in [6.07, 6.45) is 2.63. The number of amides is 4. The number of urea groups is 1. The van der Waals surface area contributed by atoms with Crippen molar-refractivity contribution in [2.24, 2.45) is 0 Å². The number of rotatable bonds is 8. The van der Waals surface area contributed by atoms with Crippen molar-refractivity contribution in [3.8, 4) is 0 Å². The number of nitrogens with zero attached hydrogens (tertiary/aromatic N) is 4. The minimum atomic E-state index is -0.535. The molecule has 1 aromatic heterocycles. The van der Waals surface area contributed by atoms with Gasteiger partial charge in [0, 0.05) is 25.0 Å². The molecule has 2 atom stereocenters. The van der Waals surface area contributed by atoms with E-state index in [4.69, 9.17) is 0 Å². The lowest BCUT2D eigenvalue weighted by Gasteiger charge is -2.54. The molecule has 2 saturated heterocycles. The van der Waals surface area contributed by atoms with Gasteiger partial charge >= 0.3 is 6.03 Å². The molecule has 0 spiro atoms. The smallest absolute Gasteiger partial charge is 0.334 e. The third kappa shape index (κ3) is 5.26. The second-order valence-electron chi connectivity index (χ2n) is 8.86. The first-order valence-corrected chi connectivity index (χ1v) is 12.8. The molecule has 0 radical (unpaired) electrons. The largest absolute Gasteiger partial charge is 0.337 e. The maximum absolute atomic E-state index is 13.5. The predicted molar refractivity (Wildman–Crippen MR) is 132 cm³/mol. The number of fused-ring (bicyclic) bond motifs is 1. The summed E-state index contributed by atoms with van der Waals surface area (Å²) in [7, 11) is 1.75. The van der Waals surface area contributed by atoms with E-state index in [1.54, 1.807) is 33.3 Å². The van der Waals surface area contributed by atoms with Crippen LogP contribution in [0, 0.1) is 0 Å². The fourth-order valence-electron chi connectivity index (χ4n) is 4.74. The zero-order valence-electron chi connectivity index (χ0n) is 19.9. The highest BCUT2D eigenvalue weighted by atomic mass is 32.1. The zero-order chi connectivity index (χ0) is 24.1. The summed E-state index contributed by atoms with van der Waals surface area (Å²) >= 11 is 1.68. The summed E-state index contributed by atoms with van der Waals surface area (Å²) in [4.78, 5) is 44.6. The molecule has 34 heavy (non-hydrogen) atoms. The number of benzene rings is 1. The zero-order valence-corrected chi connectivity index (χ0v) is 20.7. The molecule has 0 aliphatic carbocycles. The van der Waals surface area contributed by atoms with Crippen molar-refractivity contribution in [2.75, 3.05) is 26.7 Å². The van der Waals surface area contributed by atoms with Gasteiger partial charge in [-0.1, -0.05) is 56.2 Å². The Morgan fingerprint density at radius 1 is 1.15 bits per heavy atom. The highest BCUT2D eigenvalue weighted by molar-refractivity contribution is 7.09. The van der Waals surface area contributed by atoms with Gasteiger partial charge in [-0.05, 0) is 29.9 Å². The molecule has 1 N–H and O–H groups in total. The van der Waals surface area contributed by atoms with Gasteiger partial charge in [0.1, 0.15) is 12.2 Å². The monoisotopic (exact) mass is 483 g/mol. The van der Waals surface area contributed by atoms with Crippen LogP contribution in [-0.4, -0.2) is 76.6 Å². The maximum atomic E-state index is 13.5. The summed E-state index contributed by atoms with van der Waals surface area (Å²) in [5.74, 6) is -0.115. The molecule has 4 amide bonds. The minimum absolute atomic E-state index is 0.0104. The average molecular weight is 484 g/mol. The van der Waals surface area contributed by atoms with Crippen molar-refractivity contribution >= 4 is 29.2 Å². The third-order valence-electron chi connectivity index (χ3n) is 6.47. The van der Waals surface area contributed by atoms with Gasteiger partial charge < -0.3 is 15.1 Å². The molecule has 2 aliphatic rings. The Balaban J connectivity index is 1.55. The van der Waals surface area contributed by atoms with Gasteiger partial charge in [-0.15, -0.1) is 11.3 Å². The van der Waals surface area contributed by atoms with Crippen molar-refractivity contribution in [1.29, 1.82) is 0 Å². The number of hydrogen-bond acceptors (Lipinski definition) is 5. The molecule has 0 bridgehead atoms. The minimum Gasteiger partial charge on any atom is -0.337 e. The Morgan fingerprint density at radius 3 is 2.65 bits per heavy atom. The van der Waals surface area contributed by atoms with E-state index in [1.165, 1.54) is 4.88 Å². The van der Waals surface area contributed by atoms with Crippen LogP contribution in [0.5, 0.6) is 0 Å². The highest BCUT2D eigenvalue weighted by Crippen LogP contribution is 2.28. The highest BCUT2D eigenvalue weighted by Gasteiger charge is 2.50. The van der Waals surface area contributed by atoms with Crippen LogP contribution in [0.25, 0.3) is 0 Å². The first kappa shape index (κ1) is 24.2. The van der Waals surface area contributed by atoms with E-state index in [2.05, 4.69) is 18.3 Å². The number of piperazine rings is 1. The lowest BCUT2D eigenvalue weighted by Crippen LogP contribution is -2.76. The molecule has 182 valence electrons. The van der Waals surface area contributed by atoms with Crippen molar-refractivity contribution in [1.82, 2.24) is 25.1 Å². The molecular weight excluding hydrogens is 450 g/mol. The Hall–Kier alpha value is -2.91. The Bertz CT molecular complexity index is 984. The summed E-state index contributed by atoms with van der Waals surface area (Å²) < 4.78 is 0. The van der Waals surface area contributed by atoms with Crippen molar-refractivity contribution in [2.45, 2.75) is 51.4 Å². The van der Waals surface area contributed by atoms with Crippen LogP contribution in [0.15, 0.2) is 47.8 Å². The number of carbonyl (C=O) groups excluding carboxylic acids is 3. The molecule has 3 heterocycles. The normalized spacial score (nSPS) is 21.1. The standard InChI is InChI=1S/C25H33N5O3S/c1-3-4-12-21-24(32)28(14-13-20-11-8-15-34-20)17-22-29(21)23(31)18-27(2)30(22)25(33)26-16-19-9-6-5-7-10-19/h5-11,15,21-22H,3-4,12-14,16-18H2,1-2H3,(H,26,33)/t21-,22?/m0/s1. The summed E-state index contributed by atoms with van der Waals surface area (Å²) in [6, 6.07) is 13.0. The van der Waals surface area contributed by atoms with Gasteiger partial charge in [-0.25, -0.2) is 14.8 Å². The van der Waals surface area contributed by atoms with Gasteiger partial charge in [0.05, 0.1) is 13.1 Å². The number of nitrogens with one attached hydrogen (secondary N) is 1. The van der Waals surface area contributed by atoms with Gasteiger partial charge in [0.15, 0.2) is 0 Å². The molecule has 1 unspecified atom stereocenters. The van der Waals surface area contributed by atoms with Crippen LogP contribution in [-0.2, 0) is 22.6 Å². The lowest BCUT2D eigenvalue weighted by molar-refractivity contribution is -0.187. The fourth-order valence-corrected chi connectivity index (χ4v) is 5.43. The number of likely N-dealkylation sites (N-methyl/N-ethyl adjacent to an activating group) is 1. The van der Waals surface area contributed by atoms with Gasteiger partial charge in [0.25, 0.3) is 0 Å². The fraction of sp³-hybridized carbons (Fsp3) is 0.480. The van der Waals surface area contributed by atoms with E-state index in [0.717, 1.165) is 24.8 Å². The van der Waals surface area contributed by atoms with E-state index in [-0.39, 0.29) is 24.4 Å². The van der Waals surface area contributed by atoms with Crippen molar-refractivity contribution in [3.05, 3.63) is 58.3 Å². The molecule has 8 nitrogen and oxygen atoms in total. The van der Waals surface area contributed by atoms with E-state index >= 15 is 0 Å². The molecule has 1 aromatic carbocycles. The maximum Gasteiger partial charge on any atom is 0.334 e. The van der Waals surface area contributed by atoms with Crippen molar-refractivity contribution in [3.63, 3.8) is 0 Å². The van der Waals surface area contributed by atoms with Crippen LogP contribution in [0.3, 0.4) is 0 Å². The topological polar surface area (TPSA) is 76.2 Å². The number of hydrogen-bond donors (Lipinski definition) is 1. The molecule has 9 heteroatoms. The Morgan fingerprint density at radius 2 is 1.94 bits per heavy atom. The predicted octanol–water partition coefficient (Wildman–Crippen LogP) is 2.92. The summed E-state index contributed by atoms with van der Waals surface area (Å²) in [5.41, 5.74) is 1.00. The SMILES string of the molecule is CCCC[C@H]1C(=O)N(CCc2cccs2)CC2N1C(=O)CN(C)N2C(=O)NCc1ccccc1. The summed E-state index contributed by atoms with van der Waals surface area (Å²) in [6.45, 7) is 3.42. The van der Waals surface area contributed by atoms with Crippen LogP contribution in [0.4, 0.5) is 4.79 Å². The van der Waals surface area contributed by atoms with Crippen LogP contribution in [0.1, 0.15) is 36.6 Å². The third-order valence-corrected chi connectivity index (χ3v) is 7.41. The van der Waals surface area contributed by atoms with Crippen LogP contribution < -0.4 is 5.32 Å². The van der Waals surface area contributed by atoms with Gasteiger partial charge in [0.2, 0.25) is 11.8 Å². The Kier molecular flexibility index (Phi) is 7.84. The van der Waals surface area contributed by atoms with E-state index in [0.29, 0.717) is 26.1 Å². The number of carbonyl (C=O) groups is 3. The van der Waals surface area contributed by atoms with E-state index in [1.807, 2.05) is 46.7 Å². The number of unbranched alkanes of at least 4 members (excludes halogenated alkanes) is 1. The summed E-state index contributed by atoms with van der Waals surface area (Å²) in [5, 5.41) is 8.32. The first-order chi connectivity index (χ1) is 16.5. The molecule has 0 saturated carbocycles. The molecule has 4 rings (SSSR count). The molecule has 2 aromatic rings. The quantitative estimate of drug-likeness (QED) is 0.627. The van der Waals surface area contributed by atoms with Gasteiger partial charge in [-0.3, -0.25) is 9.59 Å². The number of thiophene rings is 1. The van der Waals surface area contributed by atoms with Crippen molar-refractivity contribution < 1.29 is 14.4 Å². The van der Waals surface area contributed by atoms with Gasteiger partial charge in [-0.2, -0.15) is 0 Å². The molecular formula is C25H33N5O3S. The Labute approximate surface area is 205 Å². The number of hydrazine groups is 1. The molecule has 2 aliphatic heterocycles. The average Bonchev–Trinajstić information content (AvgIpc) is 3.35. The van der Waals surface area contributed by atoms with Crippen LogP contribution in [0.2, 0.25) is 0 Å².